The molecule has 0 saturated heterocycles. The lowest BCUT2D eigenvalue weighted by Crippen LogP contribution is -2.52. The molecule has 5 heteroatoms. The first-order valence-electron chi connectivity index (χ1n) is 6.45. The van der Waals surface area contributed by atoms with Crippen LogP contribution in [0.2, 0.25) is 0 Å². The monoisotopic (exact) mass is 250 g/mol. The van der Waals surface area contributed by atoms with E-state index in [0.717, 1.165) is 25.1 Å². The number of aromatic carboxylic acids is 1. The number of fused-ring (bicyclic) bond motifs is 1. The summed E-state index contributed by atoms with van der Waals surface area (Å²) >= 11 is 0. The van der Waals surface area contributed by atoms with Crippen molar-refractivity contribution >= 4 is 17.3 Å². The lowest BCUT2D eigenvalue weighted by atomic mass is 9.80. The highest BCUT2D eigenvalue weighted by Crippen LogP contribution is 2.43. The second-order valence-corrected chi connectivity index (χ2v) is 5.45. The van der Waals surface area contributed by atoms with Gasteiger partial charge in [0.2, 0.25) is 5.76 Å². The Bertz CT molecular complexity index is 475. The number of carboxylic acid groups (broad SMARTS) is 1. The van der Waals surface area contributed by atoms with Crippen LogP contribution in [0.15, 0.2) is 10.7 Å². The third-order valence-corrected chi connectivity index (χ3v) is 4.09. The molecule has 18 heavy (non-hydrogen) atoms. The fourth-order valence-electron chi connectivity index (χ4n) is 3.34. The van der Waals surface area contributed by atoms with Crippen LogP contribution in [0.1, 0.15) is 42.7 Å². The molecule has 2 N–H and O–H groups in total. The first-order valence-corrected chi connectivity index (χ1v) is 6.45. The average Bonchev–Trinajstić information content (AvgIpc) is 2.73. The molecule has 2 heterocycles. The van der Waals surface area contributed by atoms with Crippen molar-refractivity contribution in [2.24, 2.45) is 0 Å². The smallest absolute Gasteiger partial charge is 0.374 e. The molecule has 3 rings (SSSR count). The molecule has 1 aromatic heterocycles. The molecule has 0 atom stereocenters. The second kappa shape index (κ2) is 3.93. The molecule has 0 aromatic carbocycles. The van der Waals surface area contributed by atoms with Crippen molar-refractivity contribution in [1.82, 2.24) is 0 Å². The van der Waals surface area contributed by atoms with E-state index in [1.54, 1.807) is 0 Å². The van der Waals surface area contributed by atoms with E-state index in [-0.39, 0.29) is 11.3 Å². The number of anilines is 2. The Morgan fingerprint density at radius 2 is 2.17 bits per heavy atom. The van der Waals surface area contributed by atoms with Crippen LogP contribution in [-0.4, -0.2) is 30.2 Å². The van der Waals surface area contributed by atoms with Crippen LogP contribution in [0.3, 0.4) is 0 Å². The Hall–Kier alpha value is -1.65. The topological polar surface area (TPSA) is 65.7 Å². The van der Waals surface area contributed by atoms with Gasteiger partial charge in [-0.15, -0.1) is 0 Å². The fourth-order valence-corrected chi connectivity index (χ4v) is 3.34. The summed E-state index contributed by atoms with van der Waals surface area (Å²) in [5.74, 6) is -0.977. The van der Waals surface area contributed by atoms with E-state index in [9.17, 15) is 4.79 Å². The van der Waals surface area contributed by atoms with E-state index in [4.69, 9.17) is 9.52 Å². The quantitative estimate of drug-likeness (QED) is 0.801. The summed E-state index contributed by atoms with van der Waals surface area (Å²) in [5.41, 5.74) is 1.60. The lowest BCUT2D eigenvalue weighted by Gasteiger charge is -2.45. The van der Waals surface area contributed by atoms with Crippen LogP contribution in [0.25, 0.3) is 0 Å². The molecular formula is C13H18N2O3. The Balaban J connectivity index is 1.96. The van der Waals surface area contributed by atoms with E-state index in [1.165, 1.54) is 25.5 Å². The molecule has 98 valence electrons. The summed E-state index contributed by atoms with van der Waals surface area (Å²) in [6, 6.07) is 0. The van der Waals surface area contributed by atoms with Crippen LogP contribution in [0, 0.1) is 0 Å². The molecule has 1 saturated carbocycles. The number of rotatable bonds is 1. The number of hydrogen-bond acceptors (Lipinski definition) is 4. The molecular weight excluding hydrogens is 232 g/mol. The van der Waals surface area contributed by atoms with Gasteiger partial charge >= 0.3 is 5.97 Å². The van der Waals surface area contributed by atoms with Gasteiger partial charge < -0.3 is 19.7 Å². The van der Waals surface area contributed by atoms with E-state index in [1.807, 2.05) is 11.9 Å². The maximum absolute atomic E-state index is 11.1. The van der Waals surface area contributed by atoms with Crippen molar-refractivity contribution in [3.8, 4) is 0 Å². The summed E-state index contributed by atoms with van der Waals surface area (Å²) in [7, 11) is 1.94. The zero-order chi connectivity index (χ0) is 12.8. The van der Waals surface area contributed by atoms with Gasteiger partial charge in [-0.1, -0.05) is 19.3 Å². The van der Waals surface area contributed by atoms with Gasteiger partial charge in [-0.05, 0) is 12.8 Å². The molecule has 1 spiro atoms. The molecule has 0 radical (unpaired) electrons. The van der Waals surface area contributed by atoms with Gasteiger partial charge in [0.15, 0.2) is 0 Å². The van der Waals surface area contributed by atoms with Gasteiger partial charge in [-0.3, -0.25) is 0 Å². The van der Waals surface area contributed by atoms with Gasteiger partial charge in [-0.25, -0.2) is 4.79 Å². The van der Waals surface area contributed by atoms with Gasteiger partial charge in [0.25, 0.3) is 0 Å². The summed E-state index contributed by atoms with van der Waals surface area (Å²) in [6.07, 6.45) is 7.59. The average molecular weight is 250 g/mol. The number of hydrogen-bond donors (Lipinski definition) is 2. The first kappa shape index (κ1) is 11.4. The van der Waals surface area contributed by atoms with Crippen molar-refractivity contribution in [1.29, 1.82) is 0 Å². The summed E-state index contributed by atoms with van der Waals surface area (Å²) in [4.78, 5) is 13.1. The van der Waals surface area contributed by atoms with Gasteiger partial charge in [0.05, 0.1) is 11.2 Å². The number of likely N-dealkylation sites (N-methyl/N-ethyl adjacent to an activating group) is 1. The van der Waals surface area contributed by atoms with Crippen molar-refractivity contribution in [2.45, 2.75) is 37.6 Å². The predicted octanol–water partition coefficient (Wildman–Crippen LogP) is 2.54. The van der Waals surface area contributed by atoms with E-state index in [2.05, 4.69) is 5.32 Å². The third-order valence-electron chi connectivity index (χ3n) is 4.09. The maximum Gasteiger partial charge on any atom is 0.374 e. The van der Waals surface area contributed by atoms with Crippen LogP contribution < -0.4 is 10.2 Å². The molecule has 2 aliphatic rings. The summed E-state index contributed by atoms with van der Waals surface area (Å²) in [6.45, 7) is 0.847. The normalized spacial score (nSPS) is 21.5. The van der Waals surface area contributed by atoms with Crippen LogP contribution >= 0.6 is 0 Å². The number of carbonyl (C=O) groups is 1. The SMILES string of the molecule is CN1CC2(CCCCC2)Nc2coc(C(=O)O)c21. The minimum atomic E-state index is -1.01. The van der Waals surface area contributed by atoms with Crippen LogP contribution in [-0.2, 0) is 0 Å². The van der Waals surface area contributed by atoms with Crippen molar-refractivity contribution in [2.75, 3.05) is 23.8 Å². The summed E-state index contributed by atoms with van der Waals surface area (Å²) < 4.78 is 5.18. The molecule has 0 bridgehead atoms. The van der Waals surface area contributed by atoms with Gasteiger partial charge in [0, 0.05) is 13.6 Å². The predicted molar refractivity (Wildman–Crippen MR) is 68.4 cm³/mol. The minimum absolute atomic E-state index is 0.0330. The zero-order valence-corrected chi connectivity index (χ0v) is 10.5. The van der Waals surface area contributed by atoms with Crippen LogP contribution in [0.4, 0.5) is 11.4 Å². The maximum atomic E-state index is 11.1. The molecule has 0 unspecified atom stereocenters. The Kier molecular flexibility index (Phi) is 2.50. The number of carboxylic acids is 1. The Morgan fingerprint density at radius 3 is 2.83 bits per heavy atom. The number of nitrogens with one attached hydrogen (secondary N) is 1. The van der Waals surface area contributed by atoms with Gasteiger partial charge in [0.1, 0.15) is 12.0 Å². The molecule has 1 fully saturated rings. The second-order valence-electron chi connectivity index (χ2n) is 5.45. The minimum Gasteiger partial charge on any atom is -0.475 e. The third kappa shape index (κ3) is 1.65. The zero-order valence-electron chi connectivity index (χ0n) is 10.5. The Labute approximate surface area is 106 Å². The highest BCUT2D eigenvalue weighted by Gasteiger charge is 2.40. The number of furan rings is 1. The highest BCUT2D eigenvalue weighted by molar-refractivity contribution is 5.96. The lowest BCUT2D eigenvalue weighted by molar-refractivity contribution is 0.0663. The largest absolute Gasteiger partial charge is 0.475 e. The standard InChI is InChI=1S/C13H18N2O3/c1-15-8-13(5-3-2-4-6-13)14-9-7-18-11(10(9)15)12(16)17/h7,14H,2-6,8H2,1H3,(H,16,17). The highest BCUT2D eigenvalue weighted by atomic mass is 16.4. The van der Waals surface area contributed by atoms with Crippen molar-refractivity contribution < 1.29 is 14.3 Å². The molecule has 0 amide bonds. The van der Waals surface area contributed by atoms with Gasteiger partial charge in [-0.2, -0.15) is 0 Å². The van der Waals surface area contributed by atoms with E-state index >= 15 is 0 Å². The van der Waals surface area contributed by atoms with Crippen LogP contribution in [0.5, 0.6) is 0 Å². The first-order chi connectivity index (χ1) is 8.61. The molecule has 1 aliphatic carbocycles. The fraction of sp³-hybridized carbons (Fsp3) is 0.615. The molecule has 1 aromatic rings. The number of nitrogens with zero attached hydrogens (tertiary/aromatic N) is 1. The summed E-state index contributed by atoms with van der Waals surface area (Å²) in [5, 5.41) is 12.6. The molecule has 5 nitrogen and oxygen atoms in total. The van der Waals surface area contributed by atoms with E-state index in [0.29, 0.717) is 5.69 Å². The van der Waals surface area contributed by atoms with Crippen molar-refractivity contribution in [3.63, 3.8) is 0 Å². The van der Waals surface area contributed by atoms with E-state index < -0.39 is 5.97 Å². The van der Waals surface area contributed by atoms with Crippen molar-refractivity contribution in [3.05, 3.63) is 12.0 Å². The molecule has 1 aliphatic heterocycles. The Morgan fingerprint density at radius 1 is 1.44 bits per heavy atom.